The van der Waals surface area contributed by atoms with Gasteiger partial charge in [0.25, 0.3) is 0 Å². The van der Waals surface area contributed by atoms with Gasteiger partial charge in [0.15, 0.2) is 5.69 Å². The second-order valence-electron chi connectivity index (χ2n) is 5.04. The number of aryl methyl sites for hydroxylation is 1. The molecule has 20 heavy (non-hydrogen) atoms. The molecule has 0 unspecified atom stereocenters. The summed E-state index contributed by atoms with van der Waals surface area (Å²) in [5.74, 6) is 0.181. The predicted octanol–water partition coefficient (Wildman–Crippen LogP) is 4.56. The number of carbonyl (C=O) groups excluding carboxylic acids is 1. The highest BCUT2D eigenvalue weighted by Gasteiger charge is 2.21. The topological polar surface area (TPSA) is 39.2 Å². The Kier molecular flexibility index (Phi) is 4.94. The SMILES string of the molecule is CCOC(=O)c1nc(-c2sccc2C)sc1CC(C)C. The van der Waals surface area contributed by atoms with Crippen LogP contribution in [0.5, 0.6) is 0 Å². The second-order valence-corrected chi connectivity index (χ2v) is 7.04. The monoisotopic (exact) mass is 309 g/mol. The van der Waals surface area contributed by atoms with Gasteiger partial charge in [0, 0.05) is 4.88 Å². The minimum absolute atomic E-state index is 0.306. The van der Waals surface area contributed by atoms with Crippen molar-refractivity contribution in [2.24, 2.45) is 5.92 Å². The van der Waals surface area contributed by atoms with E-state index in [0.717, 1.165) is 21.2 Å². The van der Waals surface area contributed by atoms with Gasteiger partial charge in [-0.1, -0.05) is 13.8 Å². The molecule has 0 aliphatic carbocycles. The highest BCUT2D eigenvalue weighted by Crippen LogP contribution is 2.35. The van der Waals surface area contributed by atoms with Crippen LogP contribution in [0.1, 0.15) is 41.7 Å². The fourth-order valence-electron chi connectivity index (χ4n) is 1.91. The van der Waals surface area contributed by atoms with Crippen LogP contribution in [-0.4, -0.2) is 17.6 Å². The maximum absolute atomic E-state index is 12.0. The van der Waals surface area contributed by atoms with Crippen molar-refractivity contribution in [1.82, 2.24) is 4.98 Å². The minimum atomic E-state index is -0.306. The molecule has 0 N–H and O–H groups in total. The summed E-state index contributed by atoms with van der Waals surface area (Å²) < 4.78 is 5.12. The molecular formula is C15H19NO2S2. The standard InChI is InChI=1S/C15H19NO2S2/c1-5-18-15(17)12-11(8-9(2)3)20-14(16-12)13-10(4)6-7-19-13/h6-7,9H,5,8H2,1-4H3. The van der Waals surface area contributed by atoms with Crippen LogP contribution in [0, 0.1) is 12.8 Å². The van der Waals surface area contributed by atoms with Crippen molar-refractivity contribution in [3.63, 3.8) is 0 Å². The van der Waals surface area contributed by atoms with E-state index in [2.05, 4.69) is 37.2 Å². The van der Waals surface area contributed by atoms with Gasteiger partial charge in [-0.25, -0.2) is 9.78 Å². The molecule has 2 aromatic heterocycles. The van der Waals surface area contributed by atoms with Gasteiger partial charge in [0.05, 0.1) is 11.5 Å². The van der Waals surface area contributed by atoms with E-state index in [-0.39, 0.29) is 5.97 Å². The van der Waals surface area contributed by atoms with E-state index in [9.17, 15) is 4.79 Å². The molecule has 0 atom stereocenters. The zero-order valence-corrected chi connectivity index (χ0v) is 13.9. The Hall–Kier alpha value is -1.20. The van der Waals surface area contributed by atoms with Gasteiger partial charge in [-0.2, -0.15) is 0 Å². The first-order valence-electron chi connectivity index (χ1n) is 6.74. The van der Waals surface area contributed by atoms with Crippen molar-refractivity contribution in [3.05, 3.63) is 27.6 Å². The van der Waals surface area contributed by atoms with Gasteiger partial charge < -0.3 is 4.74 Å². The molecular weight excluding hydrogens is 290 g/mol. The van der Waals surface area contributed by atoms with Crippen LogP contribution in [0.25, 0.3) is 9.88 Å². The molecule has 108 valence electrons. The maximum atomic E-state index is 12.0. The van der Waals surface area contributed by atoms with Crippen LogP contribution >= 0.6 is 22.7 Å². The van der Waals surface area contributed by atoms with Crippen LogP contribution in [0.3, 0.4) is 0 Å². The molecule has 2 aromatic rings. The van der Waals surface area contributed by atoms with Crippen molar-refractivity contribution in [1.29, 1.82) is 0 Å². The van der Waals surface area contributed by atoms with Crippen LogP contribution in [0.4, 0.5) is 0 Å². The number of hydrogen-bond acceptors (Lipinski definition) is 5. The van der Waals surface area contributed by atoms with Crippen LogP contribution in [0.2, 0.25) is 0 Å². The quantitative estimate of drug-likeness (QED) is 0.760. The summed E-state index contributed by atoms with van der Waals surface area (Å²) >= 11 is 3.28. The molecule has 2 rings (SSSR count). The molecule has 0 saturated heterocycles. The van der Waals surface area contributed by atoms with Crippen molar-refractivity contribution >= 4 is 28.6 Å². The Balaban J connectivity index is 2.41. The third kappa shape index (κ3) is 3.27. The molecule has 0 bridgehead atoms. The summed E-state index contributed by atoms with van der Waals surface area (Å²) in [6.07, 6.45) is 0.857. The van der Waals surface area contributed by atoms with Crippen LogP contribution < -0.4 is 0 Å². The summed E-state index contributed by atoms with van der Waals surface area (Å²) in [6, 6.07) is 2.08. The molecule has 0 aliphatic rings. The number of thiophene rings is 1. The normalized spacial score (nSPS) is 11.1. The Morgan fingerprint density at radius 3 is 2.75 bits per heavy atom. The number of hydrogen-bond donors (Lipinski definition) is 0. The number of esters is 1. The van der Waals surface area contributed by atoms with Crippen molar-refractivity contribution in [2.45, 2.75) is 34.1 Å². The third-order valence-corrected chi connectivity index (χ3v) is 5.06. The number of thiazole rings is 1. The van der Waals surface area contributed by atoms with E-state index in [4.69, 9.17) is 4.74 Å². The number of carbonyl (C=O) groups is 1. The average molecular weight is 309 g/mol. The van der Waals surface area contributed by atoms with E-state index in [1.807, 2.05) is 6.92 Å². The highest BCUT2D eigenvalue weighted by molar-refractivity contribution is 7.21. The Morgan fingerprint density at radius 1 is 1.45 bits per heavy atom. The molecule has 0 amide bonds. The van der Waals surface area contributed by atoms with E-state index in [1.165, 1.54) is 5.56 Å². The summed E-state index contributed by atoms with van der Waals surface area (Å²) in [5, 5.41) is 2.98. The first kappa shape index (κ1) is 15.2. The maximum Gasteiger partial charge on any atom is 0.358 e. The second kappa shape index (κ2) is 6.50. The molecule has 0 saturated carbocycles. The van der Waals surface area contributed by atoms with Crippen molar-refractivity contribution in [3.8, 4) is 9.88 Å². The predicted molar refractivity (Wildman–Crippen MR) is 84.7 cm³/mol. The lowest BCUT2D eigenvalue weighted by molar-refractivity contribution is 0.0519. The first-order chi connectivity index (χ1) is 9.52. The van der Waals surface area contributed by atoms with E-state index >= 15 is 0 Å². The summed E-state index contributed by atoms with van der Waals surface area (Å²) in [7, 11) is 0. The molecule has 5 heteroatoms. The molecule has 0 aliphatic heterocycles. The Morgan fingerprint density at radius 2 is 2.20 bits per heavy atom. The fraction of sp³-hybridized carbons (Fsp3) is 0.467. The zero-order chi connectivity index (χ0) is 14.7. The molecule has 3 nitrogen and oxygen atoms in total. The summed E-state index contributed by atoms with van der Waals surface area (Å²) in [4.78, 5) is 18.8. The lowest BCUT2D eigenvalue weighted by Crippen LogP contribution is -2.08. The number of nitrogens with zero attached hydrogens (tertiary/aromatic N) is 1. The fourth-order valence-corrected chi connectivity index (χ4v) is 4.25. The zero-order valence-electron chi connectivity index (χ0n) is 12.2. The van der Waals surface area contributed by atoms with Crippen molar-refractivity contribution < 1.29 is 9.53 Å². The Labute approximate surface area is 127 Å². The van der Waals surface area contributed by atoms with Gasteiger partial charge in [-0.3, -0.25) is 0 Å². The van der Waals surface area contributed by atoms with Gasteiger partial charge in [0.1, 0.15) is 5.01 Å². The van der Waals surface area contributed by atoms with Crippen LogP contribution in [0.15, 0.2) is 11.4 Å². The summed E-state index contributed by atoms with van der Waals surface area (Å²) in [5.41, 5.74) is 1.70. The van der Waals surface area contributed by atoms with E-state index in [1.54, 1.807) is 22.7 Å². The number of rotatable bonds is 5. The molecule has 0 spiro atoms. The highest BCUT2D eigenvalue weighted by atomic mass is 32.1. The Bertz CT molecular complexity index is 599. The lowest BCUT2D eigenvalue weighted by Gasteiger charge is -2.04. The first-order valence-corrected chi connectivity index (χ1v) is 8.43. The number of aromatic nitrogens is 1. The largest absolute Gasteiger partial charge is 0.461 e. The smallest absolute Gasteiger partial charge is 0.358 e. The summed E-state index contributed by atoms with van der Waals surface area (Å²) in [6.45, 7) is 8.55. The molecule has 0 fully saturated rings. The van der Waals surface area contributed by atoms with Gasteiger partial charge >= 0.3 is 5.97 Å². The molecule has 0 aromatic carbocycles. The number of ether oxygens (including phenoxy) is 1. The van der Waals surface area contributed by atoms with Gasteiger partial charge in [-0.05, 0) is 43.2 Å². The van der Waals surface area contributed by atoms with E-state index in [0.29, 0.717) is 18.2 Å². The van der Waals surface area contributed by atoms with Gasteiger partial charge in [-0.15, -0.1) is 22.7 Å². The third-order valence-electron chi connectivity index (χ3n) is 2.82. The average Bonchev–Trinajstić information content (AvgIpc) is 2.95. The van der Waals surface area contributed by atoms with Crippen molar-refractivity contribution in [2.75, 3.05) is 6.61 Å². The van der Waals surface area contributed by atoms with Crippen LogP contribution in [-0.2, 0) is 11.2 Å². The van der Waals surface area contributed by atoms with E-state index < -0.39 is 0 Å². The lowest BCUT2D eigenvalue weighted by atomic mass is 10.1. The molecule has 2 heterocycles. The minimum Gasteiger partial charge on any atom is -0.461 e. The molecule has 0 radical (unpaired) electrons. The van der Waals surface area contributed by atoms with Gasteiger partial charge in [0.2, 0.25) is 0 Å².